The molecule has 0 unspecified atom stereocenters. The van der Waals surface area contributed by atoms with Gasteiger partial charge in [-0.3, -0.25) is 0 Å². The van der Waals surface area contributed by atoms with E-state index in [1.807, 2.05) is 0 Å². The molecule has 1 aliphatic carbocycles. The lowest BCUT2D eigenvalue weighted by Gasteiger charge is -2.05. The number of hydrogen-bond acceptors (Lipinski definition) is 0. The van der Waals surface area contributed by atoms with Gasteiger partial charge in [0.05, 0.1) is 0 Å². The average Bonchev–Trinajstić information content (AvgIpc) is 2.64. The van der Waals surface area contributed by atoms with Crippen LogP contribution in [0.15, 0.2) is 25.3 Å². The minimum atomic E-state index is 1.31. The highest BCUT2D eigenvalue weighted by molar-refractivity contribution is 5.42. The molecule has 1 aromatic rings. The lowest BCUT2D eigenvalue weighted by atomic mass is 10.0. The molecule has 1 aromatic carbocycles. The van der Waals surface area contributed by atoms with Crippen LogP contribution in [-0.4, -0.2) is 0 Å². The van der Waals surface area contributed by atoms with Crippen molar-refractivity contribution < 1.29 is 0 Å². The highest BCUT2D eigenvalue weighted by atomic mass is 14.2. The SMILES string of the molecule is C=C.Cc1ccc(C)c2c1CCC2. The van der Waals surface area contributed by atoms with E-state index < -0.39 is 0 Å². The van der Waals surface area contributed by atoms with Gasteiger partial charge < -0.3 is 0 Å². The summed E-state index contributed by atoms with van der Waals surface area (Å²) in [5.41, 5.74) is 6.24. The van der Waals surface area contributed by atoms with Crippen LogP contribution >= 0.6 is 0 Å². The summed E-state index contributed by atoms with van der Waals surface area (Å²) in [6.45, 7) is 10.5. The predicted octanol–water partition coefficient (Wildman–Crippen LogP) is 3.59. The number of benzene rings is 1. The van der Waals surface area contributed by atoms with E-state index in [2.05, 4.69) is 39.1 Å². The molecule has 13 heavy (non-hydrogen) atoms. The van der Waals surface area contributed by atoms with Crippen molar-refractivity contribution in [3.8, 4) is 0 Å². The summed E-state index contributed by atoms with van der Waals surface area (Å²) in [5, 5.41) is 0. The Morgan fingerprint density at radius 3 is 1.69 bits per heavy atom. The Morgan fingerprint density at radius 2 is 1.31 bits per heavy atom. The van der Waals surface area contributed by atoms with Crippen LogP contribution in [0.1, 0.15) is 28.7 Å². The third kappa shape index (κ3) is 1.82. The van der Waals surface area contributed by atoms with Gasteiger partial charge in [-0.1, -0.05) is 12.1 Å². The van der Waals surface area contributed by atoms with E-state index in [1.165, 1.54) is 30.4 Å². The number of hydrogen-bond donors (Lipinski definition) is 0. The number of fused-ring (bicyclic) bond motifs is 1. The Morgan fingerprint density at radius 1 is 0.923 bits per heavy atom. The molecule has 0 nitrogen and oxygen atoms in total. The van der Waals surface area contributed by atoms with Crippen molar-refractivity contribution in [3.05, 3.63) is 47.5 Å². The van der Waals surface area contributed by atoms with Crippen LogP contribution in [0.5, 0.6) is 0 Å². The van der Waals surface area contributed by atoms with Crippen molar-refractivity contribution in [1.29, 1.82) is 0 Å². The fourth-order valence-corrected chi connectivity index (χ4v) is 2.07. The quantitative estimate of drug-likeness (QED) is 0.527. The fourth-order valence-electron chi connectivity index (χ4n) is 2.07. The largest absolute Gasteiger partial charge is 0.106 e. The summed E-state index contributed by atoms with van der Waals surface area (Å²) in [5.74, 6) is 0. The van der Waals surface area contributed by atoms with Crippen LogP contribution in [0.4, 0.5) is 0 Å². The summed E-state index contributed by atoms with van der Waals surface area (Å²) < 4.78 is 0. The first-order valence-corrected chi connectivity index (χ1v) is 4.87. The van der Waals surface area contributed by atoms with Crippen LogP contribution < -0.4 is 0 Å². The fraction of sp³-hybridized carbons (Fsp3) is 0.385. The first-order valence-electron chi connectivity index (χ1n) is 4.87. The van der Waals surface area contributed by atoms with Crippen molar-refractivity contribution >= 4 is 0 Å². The number of aryl methyl sites for hydroxylation is 2. The van der Waals surface area contributed by atoms with Crippen molar-refractivity contribution in [3.63, 3.8) is 0 Å². The second-order valence-corrected chi connectivity index (χ2v) is 3.51. The molecule has 1 aliphatic rings. The predicted molar refractivity (Wildman–Crippen MR) is 59.2 cm³/mol. The van der Waals surface area contributed by atoms with Gasteiger partial charge in [-0.15, -0.1) is 13.2 Å². The maximum Gasteiger partial charge on any atom is -0.0270 e. The average molecular weight is 174 g/mol. The van der Waals surface area contributed by atoms with E-state index in [0.29, 0.717) is 0 Å². The minimum Gasteiger partial charge on any atom is -0.106 e. The zero-order valence-electron chi connectivity index (χ0n) is 8.69. The Hall–Kier alpha value is -1.04. The lowest BCUT2D eigenvalue weighted by Crippen LogP contribution is -1.90. The minimum absolute atomic E-state index is 1.31. The van der Waals surface area contributed by atoms with Crippen LogP contribution in [0.2, 0.25) is 0 Å². The molecule has 0 saturated heterocycles. The molecule has 0 atom stereocenters. The molecule has 0 radical (unpaired) electrons. The summed E-state index contributed by atoms with van der Waals surface area (Å²) in [7, 11) is 0. The van der Waals surface area contributed by atoms with E-state index in [4.69, 9.17) is 0 Å². The first-order chi connectivity index (χ1) is 6.29. The second kappa shape index (κ2) is 4.27. The Labute approximate surface area is 81.3 Å². The van der Waals surface area contributed by atoms with E-state index in [1.54, 1.807) is 11.1 Å². The number of rotatable bonds is 0. The summed E-state index contributed by atoms with van der Waals surface area (Å²) in [6, 6.07) is 4.50. The molecule has 0 spiro atoms. The molecule has 0 fully saturated rings. The van der Waals surface area contributed by atoms with Crippen LogP contribution in [0.3, 0.4) is 0 Å². The van der Waals surface area contributed by atoms with Gasteiger partial charge in [0.2, 0.25) is 0 Å². The maximum absolute atomic E-state index is 3.00. The van der Waals surface area contributed by atoms with Gasteiger partial charge in [0, 0.05) is 0 Å². The van der Waals surface area contributed by atoms with Crippen molar-refractivity contribution in [2.45, 2.75) is 33.1 Å². The maximum atomic E-state index is 3.00. The molecule has 0 amide bonds. The molecule has 0 bridgehead atoms. The van der Waals surface area contributed by atoms with Crippen LogP contribution in [-0.2, 0) is 12.8 Å². The van der Waals surface area contributed by atoms with Crippen molar-refractivity contribution in [1.82, 2.24) is 0 Å². The zero-order chi connectivity index (χ0) is 9.84. The molecular weight excluding hydrogens is 156 g/mol. The van der Waals surface area contributed by atoms with Gasteiger partial charge in [0.25, 0.3) is 0 Å². The molecule has 0 aromatic heterocycles. The molecule has 70 valence electrons. The molecule has 0 aliphatic heterocycles. The molecule has 0 heteroatoms. The molecule has 0 saturated carbocycles. The summed E-state index contributed by atoms with van der Waals surface area (Å²) in [6.07, 6.45) is 3.98. The normalized spacial score (nSPS) is 13.1. The van der Waals surface area contributed by atoms with E-state index in [-0.39, 0.29) is 0 Å². The molecule has 2 rings (SSSR count). The standard InChI is InChI=1S/C11H14.C2H4/c1-8-6-7-9(2)11-5-3-4-10(8)11;1-2/h6-7H,3-5H2,1-2H3;1-2H2. The second-order valence-electron chi connectivity index (χ2n) is 3.51. The Kier molecular flexibility index (Phi) is 3.30. The van der Waals surface area contributed by atoms with Gasteiger partial charge in [-0.25, -0.2) is 0 Å². The van der Waals surface area contributed by atoms with E-state index >= 15 is 0 Å². The van der Waals surface area contributed by atoms with Gasteiger partial charge in [0.15, 0.2) is 0 Å². The first kappa shape index (κ1) is 10.0. The Balaban J connectivity index is 0.000000396. The third-order valence-corrected chi connectivity index (χ3v) is 2.75. The van der Waals surface area contributed by atoms with Gasteiger partial charge >= 0.3 is 0 Å². The Bertz CT molecular complexity index is 268. The highest BCUT2D eigenvalue weighted by Gasteiger charge is 2.13. The molecule has 0 N–H and O–H groups in total. The topological polar surface area (TPSA) is 0 Å². The highest BCUT2D eigenvalue weighted by Crippen LogP contribution is 2.27. The van der Waals surface area contributed by atoms with Gasteiger partial charge in [0.1, 0.15) is 0 Å². The van der Waals surface area contributed by atoms with E-state index in [9.17, 15) is 0 Å². The zero-order valence-corrected chi connectivity index (χ0v) is 8.69. The summed E-state index contributed by atoms with van der Waals surface area (Å²) >= 11 is 0. The third-order valence-electron chi connectivity index (χ3n) is 2.75. The van der Waals surface area contributed by atoms with E-state index in [0.717, 1.165) is 0 Å². The van der Waals surface area contributed by atoms with Crippen molar-refractivity contribution in [2.24, 2.45) is 0 Å². The molecule has 0 heterocycles. The van der Waals surface area contributed by atoms with Crippen LogP contribution in [0, 0.1) is 13.8 Å². The smallest absolute Gasteiger partial charge is 0.0270 e. The van der Waals surface area contributed by atoms with Gasteiger partial charge in [-0.05, 0) is 55.4 Å². The lowest BCUT2D eigenvalue weighted by molar-refractivity contribution is 0.907. The van der Waals surface area contributed by atoms with Crippen LogP contribution in [0.25, 0.3) is 0 Å². The molecular formula is C13H18. The summed E-state index contributed by atoms with van der Waals surface area (Å²) in [4.78, 5) is 0. The monoisotopic (exact) mass is 174 g/mol. The van der Waals surface area contributed by atoms with Gasteiger partial charge in [-0.2, -0.15) is 0 Å². The van der Waals surface area contributed by atoms with Crippen molar-refractivity contribution in [2.75, 3.05) is 0 Å².